The van der Waals surface area contributed by atoms with E-state index in [9.17, 15) is 4.79 Å². The van der Waals surface area contributed by atoms with Gasteiger partial charge in [-0.1, -0.05) is 0 Å². The van der Waals surface area contributed by atoms with Crippen LogP contribution in [0.4, 0.5) is 4.79 Å². The number of nitrogens with two attached hydrogens (primary N) is 1. The Labute approximate surface area is 83.9 Å². The molecule has 0 bridgehead atoms. The molecule has 3 atom stereocenters. The van der Waals surface area contributed by atoms with Gasteiger partial charge in [0.25, 0.3) is 0 Å². The fraction of sp³-hybridized carbons (Fsp3) is 0.889. The number of amides is 1. The van der Waals surface area contributed by atoms with Crippen LogP contribution in [0.3, 0.4) is 0 Å². The van der Waals surface area contributed by atoms with Crippen LogP contribution in [-0.4, -0.2) is 37.5 Å². The quantitative estimate of drug-likeness (QED) is 0.684. The molecule has 0 aromatic heterocycles. The summed E-state index contributed by atoms with van der Waals surface area (Å²) in [6.07, 6.45) is 0.419. The van der Waals surface area contributed by atoms with Crippen molar-refractivity contribution in [3.63, 3.8) is 0 Å². The highest BCUT2D eigenvalue weighted by Crippen LogP contribution is 2.22. The Bertz CT molecular complexity index is 196. The lowest BCUT2D eigenvalue weighted by Gasteiger charge is -2.41. The molecule has 1 amide bonds. The third kappa shape index (κ3) is 2.59. The molecule has 0 heterocycles. The first-order chi connectivity index (χ1) is 6.69. The molecule has 0 aliphatic heterocycles. The first kappa shape index (κ1) is 11.3. The Hall–Kier alpha value is -0.810. The first-order valence-electron chi connectivity index (χ1n) is 4.99. The van der Waals surface area contributed by atoms with Gasteiger partial charge in [0.15, 0.2) is 0 Å². The molecule has 3 N–H and O–H groups in total. The van der Waals surface area contributed by atoms with Gasteiger partial charge >= 0.3 is 6.09 Å². The number of ether oxygens (including phenoxy) is 2. The third-order valence-corrected chi connectivity index (χ3v) is 2.31. The summed E-state index contributed by atoms with van der Waals surface area (Å²) in [7, 11) is 0. The molecule has 1 rings (SSSR count). The summed E-state index contributed by atoms with van der Waals surface area (Å²) < 4.78 is 10.2. The normalized spacial score (nSPS) is 30.6. The van der Waals surface area contributed by atoms with Crippen LogP contribution in [0.2, 0.25) is 0 Å². The van der Waals surface area contributed by atoms with Crippen LogP contribution in [0.25, 0.3) is 0 Å². The van der Waals surface area contributed by atoms with Crippen LogP contribution in [-0.2, 0) is 9.47 Å². The summed E-state index contributed by atoms with van der Waals surface area (Å²) in [4.78, 5) is 11.1. The fourth-order valence-corrected chi connectivity index (χ4v) is 1.54. The highest BCUT2D eigenvalue weighted by Gasteiger charge is 2.40. The molecule has 3 unspecified atom stereocenters. The number of nitrogens with one attached hydrogen (secondary N) is 1. The van der Waals surface area contributed by atoms with E-state index in [0.717, 1.165) is 6.42 Å². The van der Waals surface area contributed by atoms with Crippen molar-refractivity contribution in [2.75, 3.05) is 13.2 Å². The van der Waals surface area contributed by atoms with E-state index in [0.29, 0.717) is 13.2 Å². The van der Waals surface area contributed by atoms with E-state index in [1.54, 1.807) is 6.92 Å². The van der Waals surface area contributed by atoms with Crippen LogP contribution < -0.4 is 11.1 Å². The number of carbonyl (C=O) groups excluding carboxylic acids is 1. The maximum atomic E-state index is 11.1. The lowest BCUT2D eigenvalue weighted by Crippen LogP contribution is -2.64. The second-order valence-corrected chi connectivity index (χ2v) is 3.28. The smallest absolute Gasteiger partial charge is 0.407 e. The van der Waals surface area contributed by atoms with Crippen molar-refractivity contribution in [1.82, 2.24) is 5.32 Å². The third-order valence-electron chi connectivity index (χ3n) is 2.31. The van der Waals surface area contributed by atoms with E-state index in [4.69, 9.17) is 15.2 Å². The molecule has 5 heteroatoms. The second kappa shape index (κ2) is 5.17. The molecule has 0 saturated heterocycles. The zero-order valence-electron chi connectivity index (χ0n) is 8.66. The van der Waals surface area contributed by atoms with Crippen molar-refractivity contribution in [3.8, 4) is 0 Å². The Morgan fingerprint density at radius 3 is 2.71 bits per heavy atom. The molecule has 0 spiro atoms. The average Bonchev–Trinajstić information content (AvgIpc) is 2.15. The molecule has 1 aliphatic rings. The zero-order valence-corrected chi connectivity index (χ0v) is 8.66. The minimum absolute atomic E-state index is 0.0176. The summed E-state index contributed by atoms with van der Waals surface area (Å²) in [5.74, 6) is 0. The Morgan fingerprint density at radius 2 is 2.21 bits per heavy atom. The van der Waals surface area contributed by atoms with Gasteiger partial charge in [0.05, 0.1) is 18.8 Å². The molecule has 1 aliphatic carbocycles. The Balaban J connectivity index is 2.30. The number of hydrogen-bond acceptors (Lipinski definition) is 4. The molecule has 1 fully saturated rings. The van der Waals surface area contributed by atoms with E-state index in [-0.39, 0.29) is 18.2 Å². The maximum absolute atomic E-state index is 11.1. The number of hydrogen-bond donors (Lipinski definition) is 2. The van der Waals surface area contributed by atoms with Crippen LogP contribution in [0, 0.1) is 0 Å². The van der Waals surface area contributed by atoms with Crippen molar-refractivity contribution in [2.24, 2.45) is 5.73 Å². The molecule has 82 valence electrons. The molecule has 5 nitrogen and oxygen atoms in total. The number of alkyl carbamates (subject to hydrolysis) is 1. The van der Waals surface area contributed by atoms with Gasteiger partial charge in [-0.15, -0.1) is 0 Å². The first-order valence-corrected chi connectivity index (χ1v) is 4.99. The van der Waals surface area contributed by atoms with Gasteiger partial charge in [0.2, 0.25) is 0 Å². The Morgan fingerprint density at radius 1 is 1.50 bits per heavy atom. The number of carbonyl (C=O) groups is 1. The van der Waals surface area contributed by atoms with Gasteiger partial charge in [0.1, 0.15) is 0 Å². The zero-order chi connectivity index (χ0) is 10.6. The van der Waals surface area contributed by atoms with Gasteiger partial charge in [0, 0.05) is 12.6 Å². The number of rotatable bonds is 4. The monoisotopic (exact) mass is 202 g/mol. The fourth-order valence-electron chi connectivity index (χ4n) is 1.54. The van der Waals surface area contributed by atoms with Gasteiger partial charge in [-0.25, -0.2) is 4.79 Å². The molecular formula is C9H18N2O3. The topological polar surface area (TPSA) is 73.6 Å². The van der Waals surface area contributed by atoms with Crippen molar-refractivity contribution in [3.05, 3.63) is 0 Å². The minimum atomic E-state index is -0.419. The molecule has 14 heavy (non-hydrogen) atoms. The summed E-state index contributed by atoms with van der Waals surface area (Å²) in [5, 5.41) is 2.69. The van der Waals surface area contributed by atoms with Gasteiger partial charge in [-0.2, -0.15) is 0 Å². The summed E-state index contributed by atoms with van der Waals surface area (Å²) >= 11 is 0. The second-order valence-electron chi connectivity index (χ2n) is 3.28. The summed E-state index contributed by atoms with van der Waals surface area (Å²) in [6, 6.07) is -0.120. The standard InChI is InChI=1S/C9H18N2O3/c1-3-13-7-5-6(10)8(7)11-9(12)14-4-2/h6-8H,3-5,10H2,1-2H3,(H,11,12). The minimum Gasteiger partial charge on any atom is -0.450 e. The van der Waals surface area contributed by atoms with Crippen molar-refractivity contribution in [1.29, 1.82) is 0 Å². The van der Waals surface area contributed by atoms with Crippen LogP contribution in [0.15, 0.2) is 0 Å². The van der Waals surface area contributed by atoms with Crippen molar-refractivity contribution < 1.29 is 14.3 Å². The molecule has 0 aromatic carbocycles. The lowest BCUT2D eigenvalue weighted by molar-refractivity contribution is -0.0314. The predicted octanol–water partition coefficient (Wildman–Crippen LogP) is 0.237. The van der Waals surface area contributed by atoms with E-state index in [2.05, 4.69) is 5.32 Å². The average molecular weight is 202 g/mol. The van der Waals surface area contributed by atoms with Crippen molar-refractivity contribution in [2.45, 2.75) is 38.5 Å². The molecule has 0 radical (unpaired) electrons. The largest absolute Gasteiger partial charge is 0.450 e. The highest BCUT2D eigenvalue weighted by atomic mass is 16.5. The van der Waals surface area contributed by atoms with E-state index in [1.807, 2.05) is 6.92 Å². The molecule has 0 aromatic rings. The van der Waals surface area contributed by atoms with Gasteiger partial charge < -0.3 is 20.5 Å². The van der Waals surface area contributed by atoms with E-state index < -0.39 is 6.09 Å². The van der Waals surface area contributed by atoms with E-state index >= 15 is 0 Å². The molecule has 1 saturated carbocycles. The predicted molar refractivity (Wildman–Crippen MR) is 52.0 cm³/mol. The maximum Gasteiger partial charge on any atom is 0.407 e. The van der Waals surface area contributed by atoms with Crippen LogP contribution >= 0.6 is 0 Å². The van der Waals surface area contributed by atoms with Gasteiger partial charge in [-0.3, -0.25) is 0 Å². The van der Waals surface area contributed by atoms with Gasteiger partial charge in [-0.05, 0) is 20.3 Å². The summed E-state index contributed by atoms with van der Waals surface area (Å²) in [5.41, 5.74) is 5.74. The molecular weight excluding hydrogens is 184 g/mol. The lowest BCUT2D eigenvalue weighted by atomic mass is 9.83. The van der Waals surface area contributed by atoms with Crippen LogP contribution in [0.5, 0.6) is 0 Å². The summed E-state index contributed by atoms with van der Waals surface area (Å²) in [6.45, 7) is 4.69. The van der Waals surface area contributed by atoms with Crippen LogP contribution in [0.1, 0.15) is 20.3 Å². The highest BCUT2D eigenvalue weighted by molar-refractivity contribution is 5.68. The SMILES string of the molecule is CCOC(=O)NC1C(N)CC1OCC. The van der Waals surface area contributed by atoms with E-state index in [1.165, 1.54) is 0 Å². The Kier molecular flexibility index (Phi) is 4.16. The van der Waals surface area contributed by atoms with Crippen molar-refractivity contribution >= 4 is 6.09 Å².